The second-order valence-electron chi connectivity index (χ2n) is 4.94. The number of hydrogen-bond acceptors (Lipinski definition) is 3. The summed E-state index contributed by atoms with van der Waals surface area (Å²) in [7, 11) is -3.27. The first kappa shape index (κ1) is 13.9. The van der Waals surface area contributed by atoms with Gasteiger partial charge in [-0.05, 0) is 18.8 Å². The van der Waals surface area contributed by atoms with Crippen LogP contribution >= 0.6 is 0 Å². The van der Waals surface area contributed by atoms with Crippen molar-refractivity contribution in [2.24, 2.45) is 5.92 Å². The van der Waals surface area contributed by atoms with Crippen molar-refractivity contribution in [3.63, 3.8) is 0 Å². The van der Waals surface area contributed by atoms with Crippen LogP contribution in [0.25, 0.3) is 0 Å². The summed E-state index contributed by atoms with van der Waals surface area (Å²) in [5.74, 6) is 0.185. The summed E-state index contributed by atoms with van der Waals surface area (Å²) in [4.78, 5) is 0. The number of nitrogens with zero attached hydrogens (tertiary/aromatic N) is 1. The van der Waals surface area contributed by atoms with Crippen molar-refractivity contribution in [1.29, 1.82) is 0 Å². The van der Waals surface area contributed by atoms with E-state index in [2.05, 4.69) is 0 Å². The van der Waals surface area contributed by atoms with E-state index in [4.69, 9.17) is 5.11 Å². The molecule has 0 spiro atoms. The van der Waals surface area contributed by atoms with Crippen LogP contribution in [0.15, 0.2) is 0 Å². The van der Waals surface area contributed by atoms with E-state index in [1.54, 1.807) is 4.31 Å². The van der Waals surface area contributed by atoms with E-state index in [-0.39, 0.29) is 18.4 Å². The lowest BCUT2D eigenvalue weighted by Gasteiger charge is -2.29. The number of sulfonamides is 1. The maximum Gasteiger partial charge on any atom is 0.216 e. The standard InChI is InChI=1S/C11H23NO3S/c1-10(2)9-12(11-5-3-4-6-11)16(14,15)8-7-13/h10-11,13H,3-9H2,1-2H3. The first-order valence-corrected chi connectivity index (χ1v) is 7.68. The Balaban J connectivity index is 2.77. The first-order chi connectivity index (χ1) is 7.47. The molecule has 0 bridgehead atoms. The predicted molar refractivity (Wildman–Crippen MR) is 64.7 cm³/mol. The molecule has 1 aliphatic rings. The zero-order valence-electron chi connectivity index (χ0n) is 10.2. The van der Waals surface area contributed by atoms with Gasteiger partial charge in [-0.15, -0.1) is 0 Å². The molecule has 1 N–H and O–H groups in total. The van der Waals surface area contributed by atoms with Crippen LogP contribution in [0.5, 0.6) is 0 Å². The lowest BCUT2D eigenvalue weighted by Crippen LogP contribution is -2.42. The van der Waals surface area contributed by atoms with Gasteiger partial charge in [0.05, 0.1) is 12.4 Å². The van der Waals surface area contributed by atoms with Gasteiger partial charge in [0.15, 0.2) is 0 Å². The molecule has 0 saturated heterocycles. The van der Waals surface area contributed by atoms with E-state index >= 15 is 0 Å². The number of aliphatic hydroxyl groups is 1. The van der Waals surface area contributed by atoms with Gasteiger partial charge in [0.1, 0.15) is 0 Å². The van der Waals surface area contributed by atoms with Gasteiger partial charge in [0.2, 0.25) is 10.0 Å². The molecule has 0 amide bonds. The van der Waals surface area contributed by atoms with Gasteiger partial charge in [-0.3, -0.25) is 0 Å². The molecule has 1 saturated carbocycles. The minimum Gasteiger partial charge on any atom is -0.395 e. The zero-order chi connectivity index (χ0) is 12.2. The molecular weight excluding hydrogens is 226 g/mol. The van der Waals surface area contributed by atoms with E-state index in [9.17, 15) is 8.42 Å². The molecule has 1 aliphatic carbocycles. The van der Waals surface area contributed by atoms with Crippen molar-refractivity contribution in [3.8, 4) is 0 Å². The minimum absolute atomic E-state index is 0.143. The fourth-order valence-corrected chi connectivity index (χ4v) is 3.93. The van der Waals surface area contributed by atoms with Crippen LogP contribution < -0.4 is 0 Å². The van der Waals surface area contributed by atoms with Gasteiger partial charge >= 0.3 is 0 Å². The molecule has 0 heterocycles. The summed E-state index contributed by atoms with van der Waals surface area (Å²) in [6, 6.07) is 0.166. The summed E-state index contributed by atoms with van der Waals surface area (Å²) in [5, 5.41) is 8.82. The highest BCUT2D eigenvalue weighted by atomic mass is 32.2. The quantitative estimate of drug-likeness (QED) is 0.770. The van der Waals surface area contributed by atoms with Crippen molar-refractivity contribution in [1.82, 2.24) is 4.31 Å². The van der Waals surface area contributed by atoms with Crippen molar-refractivity contribution in [3.05, 3.63) is 0 Å². The summed E-state index contributed by atoms with van der Waals surface area (Å²) < 4.78 is 25.7. The molecule has 4 nitrogen and oxygen atoms in total. The lowest BCUT2D eigenvalue weighted by atomic mass is 10.2. The van der Waals surface area contributed by atoms with Gasteiger partial charge in [0, 0.05) is 12.6 Å². The zero-order valence-corrected chi connectivity index (χ0v) is 11.0. The average molecular weight is 249 g/mol. The van der Waals surface area contributed by atoms with Gasteiger partial charge in [-0.1, -0.05) is 26.7 Å². The Labute approximate surface area is 98.7 Å². The van der Waals surface area contributed by atoms with Crippen LogP contribution in [-0.2, 0) is 10.0 Å². The molecule has 1 rings (SSSR count). The maximum atomic E-state index is 12.0. The molecule has 0 unspecified atom stereocenters. The largest absolute Gasteiger partial charge is 0.395 e. The van der Waals surface area contributed by atoms with Crippen LogP contribution in [0.1, 0.15) is 39.5 Å². The number of aliphatic hydroxyl groups excluding tert-OH is 1. The second-order valence-corrected chi connectivity index (χ2v) is 6.98. The van der Waals surface area contributed by atoms with Crippen LogP contribution in [0.3, 0.4) is 0 Å². The van der Waals surface area contributed by atoms with Crippen molar-refractivity contribution in [2.75, 3.05) is 18.9 Å². The van der Waals surface area contributed by atoms with Crippen LogP contribution in [0.2, 0.25) is 0 Å². The Morgan fingerprint density at radius 3 is 2.31 bits per heavy atom. The highest BCUT2D eigenvalue weighted by molar-refractivity contribution is 7.89. The minimum atomic E-state index is -3.27. The fourth-order valence-electron chi connectivity index (χ4n) is 2.27. The topological polar surface area (TPSA) is 57.6 Å². The lowest BCUT2D eigenvalue weighted by molar-refractivity contribution is 0.281. The van der Waals surface area contributed by atoms with Crippen molar-refractivity contribution >= 4 is 10.0 Å². The highest BCUT2D eigenvalue weighted by Crippen LogP contribution is 2.26. The van der Waals surface area contributed by atoms with Gasteiger partial charge in [-0.25, -0.2) is 8.42 Å². The Morgan fingerprint density at radius 1 is 1.31 bits per heavy atom. The molecule has 0 atom stereocenters. The monoisotopic (exact) mass is 249 g/mol. The third-order valence-corrected chi connectivity index (χ3v) is 4.84. The molecule has 96 valence electrons. The summed E-state index contributed by atoms with van der Waals surface area (Å²) in [6.45, 7) is 4.34. The molecule has 1 fully saturated rings. The molecule has 16 heavy (non-hydrogen) atoms. The Kier molecular flexibility index (Phi) is 5.21. The van der Waals surface area contributed by atoms with E-state index in [0.29, 0.717) is 12.5 Å². The number of hydrogen-bond donors (Lipinski definition) is 1. The SMILES string of the molecule is CC(C)CN(C1CCCC1)S(=O)(=O)CCO. The fraction of sp³-hybridized carbons (Fsp3) is 1.00. The van der Waals surface area contributed by atoms with E-state index in [1.807, 2.05) is 13.8 Å². The molecule has 5 heteroatoms. The van der Waals surface area contributed by atoms with Crippen LogP contribution in [0.4, 0.5) is 0 Å². The van der Waals surface area contributed by atoms with Gasteiger partial charge < -0.3 is 5.11 Å². The molecule has 0 aromatic heterocycles. The third kappa shape index (κ3) is 3.71. The molecular formula is C11H23NO3S. The number of rotatable bonds is 6. The smallest absolute Gasteiger partial charge is 0.216 e. The average Bonchev–Trinajstić information content (AvgIpc) is 2.66. The summed E-state index contributed by atoms with van der Waals surface area (Å²) in [5.41, 5.74) is 0. The van der Waals surface area contributed by atoms with Crippen molar-refractivity contribution in [2.45, 2.75) is 45.6 Å². The second kappa shape index (κ2) is 5.98. The van der Waals surface area contributed by atoms with Crippen molar-refractivity contribution < 1.29 is 13.5 Å². The van der Waals surface area contributed by atoms with Gasteiger partial charge in [-0.2, -0.15) is 4.31 Å². The Bertz CT molecular complexity index is 294. The van der Waals surface area contributed by atoms with E-state index < -0.39 is 10.0 Å². The maximum absolute atomic E-state index is 12.0. The Hall–Kier alpha value is -0.130. The summed E-state index contributed by atoms with van der Waals surface area (Å²) >= 11 is 0. The third-order valence-electron chi connectivity index (χ3n) is 2.98. The Morgan fingerprint density at radius 2 is 1.88 bits per heavy atom. The van der Waals surface area contributed by atoms with E-state index in [0.717, 1.165) is 25.7 Å². The first-order valence-electron chi connectivity index (χ1n) is 6.07. The van der Waals surface area contributed by atoms with Crippen LogP contribution in [-0.4, -0.2) is 42.8 Å². The molecule has 0 aliphatic heterocycles. The normalized spacial score (nSPS) is 18.8. The highest BCUT2D eigenvalue weighted by Gasteiger charge is 2.31. The summed E-state index contributed by atoms with van der Waals surface area (Å²) in [6.07, 6.45) is 4.18. The van der Waals surface area contributed by atoms with Gasteiger partial charge in [0.25, 0.3) is 0 Å². The predicted octanol–water partition coefficient (Wildman–Crippen LogP) is 1.21. The molecule has 0 aromatic carbocycles. The molecule has 0 aromatic rings. The van der Waals surface area contributed by atoms with Crippen LogP contribution in [0, 0.1) is 5.92 Å². The molecule has 0 radical (unpaired) electrons. The van der Waals surface area contributed by atoms with E-state index in [1.165, 1.54) is 0 Å².